The third-order valence-corrected chi connectivity index (χ3v) is 3.19. The highest BCUT2D eigenvalue weighted by molar-refractivity contribution is 9.10. The summed E-state index contributed by atoms with van der Waals surface area (Å²) in [5.74, 6) is 0.619. The van der Waals surface area contributed by atoms with Crippen molar-refractivity contribution in [3.8, 4) is 0 Å². The Morgan fingerprint density at radius 1 is 1.33 bits per heavy atom. The minimum atomic E-state index is -0.103. The van der Waals surface area contributed by atoms with Gasteiger partial charge in [-0.1, -0.05) is 32.8 Å². The van der Waals surface area contributed by atoms with Crippen molar-refractivity contribution in [1.29, 1.82) is 0 Å². The van der Waals surface area contributed by atoms with Gasteiger partial charge in [0.15, 0.2) is 0 Å². The van der Waals surface area contributed by atoms with E-state index in [0.29, 0.717) is 10.3 Å². The summed E-state index contributed by atoms with van der Waals surface area (Å²) in [5.41, 5.74) is 0.458. The Hall–Kier alpha value is -0.900. The van der Waals surface area contributed by atoms with E-state index in [-0.39, 0.29) is 11.9 Å². The Bertz CT molecular complexity index is 393. The fourth-order valence-electron chi connectivity index (χ4n) is 1.74. The minimum Gasteiger partial charge on any atom is -0.348 e. The molecule has 1 heterocycles. The number of hydrogen-bond acceptors (Lipinski definition) is 2. The number of carbonyl (C=O) groups excluding carboxylic acids is 1. The van der Waals surface area contributed by atoms with Crippen molar-refractivity contribution >= 4 is 21.8 Å². The molecule has 1 atom stereocenters. The Kier molecular flexibility index (Phi) is 6.33. The van der Waals surface area contributed by atoms with Gasteiger partial charge in [-0.25, -0.2) is 4.98 Å². The zero-order valence-corrected chi connectivity index (χ0v) is 12.8. The molecule has 4 heteroatoms. The maximum Gasteiger partial charge on any atom is 0.270 e. The van der Waals surface area contributed by atoms with Crippen LogP contribution in [0.15, 0.2) is 22.8 Å². The molecule has 0 bridgehead atoms. The second-order valence-electron chi connectivity index (χ2n) is 5.04. The summed E-state index contributed by atoms with van der Waals surface area (Å²) in [6.45, 7) is 6.47. The zero-order chi connectivity index (χ0) is 13.5. The van der Waals surface area contributed by atoms with Gasteiger partial charge in [-0.2, -0.15) is 0 Å². The van der Waals surface area contributed by atoms with E-state index < -0.39 is 0 Å². The normalized spacial score (nSPS) is 12.5. The molecule has 0 aromatic carbocycles. The van der Waals surface area contributed by atoms with E-state index in [0.717, 1.165) is 18.8 Å². The third-order valence-electron chi connectivity index (χ3n) is 2.74. The molecule has 0 saturated heterocycles. The van der Waals surface area contributed by atoms with Crippen LogP contribution in [0.5, 0.6) is 0 Å². The molecule has 1 aromatic rings. The van der Waals surface area contributed by atoms with E-state index in [2.05, 4.69) is 40.1 Å². The van der Waals surface area contributed by atoms with Crippen LogP contribution in [-0.2, 0) is 0 Å². The number of aromatic nitrogens is 1. The fourth-order valence-corrected chi connectivity index (χ4v) is 2.08. The van der Waals surface area contributed by atoms with E-state index in [4.69, 9.17) is 0 Å². The number of nitrogens with one attached hydrogen (secondary N) is 1. The van der Waals surface area contributed by atoms with Crippen molar-refractivity contribution in [2.75, 3.05) is 0 Å². The van der Waals surface area contributed by atoms with Gasteiger partial charge in [-0.05, 0) is 47.3 Å². The first-order chi connectivity index (χ1) is 8.49. The Morgan fingerprint density at radius 3 is 2.67 bits per heavy atom. The van der Waals surface area contributed by atoms with Crippen LogP contribution in [0.4, 0.5) is 0 Å². The Labute approximate surface area is 118 Å². The fraction of sp³-hybridized carbons (Fsp3) is 0.571. The number of hydrogen-bond donors (Lipinski definition) is 1. The summed E-state index contributed by atoms with van der Waals surface area (Å²) in [6, 6.07) is 5.54. The van der Waals surface area contributed by atoms with Crippen molar-refractivity contribution in [3.63, 3.8) is 0 Å². The highest BCUT2D eigenvalue weighted by Gasteiger charge is 2.11. The number of halogens is 1. The van der Waals surface area contributed by atoms with Crippen LogP contribution in [0.3, 0.4) is 0 Å². The molecule has 0 saturated carbocycles. The SMILES string of the molecule is CC(C)CCCC(C)NC(=O)c1cccc(Br)n1. The van der Waals surface area contributed by atoms with Crippen molar-refractivity contribution < 1.29 is 4.79 Å². The first-order valence-corrected chi connectivity index (χ1v) is 7.21. The van der Waals surface area contributed by atoms with Gasteiger partial charge in [-0.15, -0.1) is 0 Å². The monoisotopic (exact) mass is 312 g/mol. The molecule has 0 aliphatic carbocycles. The lowest BCUT2D eigenvalue weighted by molar-refractivity contribution is 0.0932. The largest absolute Gasteiger partial charge is 0.348 e. The van der Waals surface area contributed by atoms with Gasteiger partial charge >= 0.3 is 0 Å². The smallest absolute Gasteiger partial charge is 0.270 e. The molecule has 0 spiro atoms. The van der Waals surface area contributed by atoms with Gasteiger partial charge < -0.3 is 5.32 Å². The molecular weight excluding hydrogens is 292 g/mol. The summed E-state index contributed by atoms with van der Waals surface area (Å²) in [5, 5.41) is 2.97. The third kappa shape index (κ3) is 5.63. The average molecular weight is 313 g/mol. The molecule has 18 heavy (non-hydrogen) atoms. The molecule has 100 valence electrons. The average Bonchev–Trinajstić information content (AvgIpc) is 2.28. The second-order valence-corrected chi connectivity index (χ2v) is 5.86. The predicted octanol–water partition coefficient (Wildman–Crippen LogP) is 3.79. The molecular formula is C14H21BrN2O. The van der Waals surface area contributed by atoms with Crippen LogP contribution in [0.1, 0.15) is 50.5 Å². The van der Waals surface area contributed by atoms with E-state index in [1.807, 2.05) is 19.1 Å². The van der Waals surface area contributed by atoms with Gasteiger partial charge in [0.2, 0.25) is 0 Å². The molecule has 1 N–H and O–H groups in total. The highest BCUT2D eigenvalue weighted by Crippen LogP contribution is 2.09. The van der Waals surface area contributed by atoms with E-state index in [1.54, 1.807) is 6.07 Å². The topological polar surface area (TPSA) is 42.0 Å². The molecule has 1 amide bonds. The number of nitrogens with zero attached hydrogens (tertiary/aromatic N) is 1. The van der Waals surface area contributed by atoms with Crippen molar-refractivity contribution in [2.24, 2.45) is 5.92 Å². The maximum atomic E-state index is 11.9. The van der Waals surface area contributed by atoms with Crippen molar-refractivity contribution in [1.82, 2.24) is 10.3 Å². The summed E-state index contributed by atoms with van der Waals surface area (Å²) in [7, 11) is 0. The second kappa shape index (κ2) is 7.52. The highest BCUT2D eigenvalue weighted by atomic mass is 79.9. The van der Waals surface area contributed by atoms with Crippen LogP contribution < -0.4 is 5.32 Å². The van der Waals surface area contributed by atoms with Gasteiger partial charge in [0.25, 0.3) is 5.91 Å². The molecule has 3 nitrogen and oxygen atoms in total. The number of rotatable bonds is 6. The predicted molar refractivity (Wildman–Crippen MR) is 77.6 cm³/mol. The molecule has 1 aromatic heterocycles. The Balaban J connectivity index is 2.40. The van der Waals surface area contributed by atoms with Crippen LogP contribution in [0.25, 0.3) is 0 Å². The van der Waals surface area contributed by atoms with E-state index >= 15 is 0 Å². The molecule has 0 fully saturated rings. The lowest BCUT2D eigenvalue weighted by atomic mass is 10.0. The summed E-state index contributed by atoms with van der Waals surface area (Å²) >= 11 is 3.26. The standard InChI is InChI=1S/C14H21BrN2O/c1-10(2)6-4-7-11(3)16-14(18)12-8-5-9-13(15)17-12/h5,8-11H,4,6-7H2,1-3H3,(H,16,18). The first-order valence-electron chi connectivity index (χ1n) is 6.42. The van der Waals surface area contributed by atoms with Crippen LogP contribution >= 0.6 is 15.9 Å². The molecule has 1 unspecified atom stereocenters. The number of pyridine rings is 1. The minimum absolute atomic E-state index is 0.103. The maximum absolute atomic E-state index is 11.9. The Morgan fingerprint density at radius 2 is 2.06 bits per heavy atom. The number of carbonyl (C=O) groups is 1. The van der Waals surface area contributed by atoms with E-state index in [9.17, 15) is 4.79 Å². The van der Waals surface area contributed by atoms with Gasteiger partial charge in [0, 0.05) is 6.04 Å². The lowest BCUT2D eigenvalue weighted by Gasteiger charge is -2.14. The van der Waals surface area contributed by atoms with Crippen LogP contribution in [-0.4, -0.2) is 16.9 Å². The summed E-state index contributed by atoms with van der Waals surface area (Å²) in [6.07, 6.45) is 3.36. The molecule has 0 radical (unpaired) electrons. The van der Waals surface area contributed by atoms with E-state index in [1.165, 1.54) is 6.42 Å². The van der Waals surface area contributed by atoms with Crippen LogP contribution in [0.2, 0.25) is 0 Å². The zero-order valence-electron chi connectivity index (χ0n) is 11.2. The van der Waals surface area contributed by atoms with Crippen LogP contribution in [0, 0.1) is 5.92 Å². The lowest BCUT2D eigenvalue weighted by Crippen LogP contribution is -2.33. The molecule has 0 aliphatic heterocycles. The quantitative estimate of drug-likeness (QED) is 0.812. The first kappa shape index (κ1) is 15.2. The van der Waals surface area contributed by atoms with Gasteiger partial charge in [0.1, 0.15) is 10.3 Å². The molecule has 0 aliphatic rings. The number of amides is 1. The van der Waals surface area contributed by atoms with Crippen molar-refractivity contribution in [3.05, 3.63) is 28.5 Å². The van der Waals surface area contributed by atoms with Crippen molar-refractivity contribution in [2.45, 2.75) is 46.1 Å². The summed E-state index contributed by atoms with van der Waals surface area (Å²) < 4.78 is 0.683. The summed E-state index contributed by atoms with van der Waals surface area (Å²) in [4.78, 5) is 16.0. The van der Waals surface area contributed by atoms with Gasteiger partial charge in [0.05, 0.1) is 0 Å². The van der Waals surface area contributed by atoms with Gasteiger partial charge in [-0.3, -0.25) is 4.79 Å². The molecule has 1 rings (SSSR count).